The summed E-state index contributed by atoms with van der Waals surface area (Å²) in [6.07, 6.45) is 4.66. The largest absolute Gasteiger partial charge is 0.378 e. The molecule has 0 N–H and O–H groups in total. The van der Waals surface area contributed by atoms with E-state index in [-0.39, 0.29) is 0 Å². The lowest BCUT2D eigenvalue weighted by molar-refractivity contribution is 0.122. The van der Waals surface area contributed by atoms with Gasteiger partial charge in [0.1, 0.15) is 5.82 Å². The van der Waals surface area contributed by atoms with Crippen molar-refractivity contribution in [2.75, 3.05) is 37.7 Å². The van der Waals surface area contributed by atoms with Crippen LogP contribution in [0.4, 0.5) is 5.82 Å². The minimum absolute atomic E-state index is 0.551. The van der Waals surface area contributed by atoms with Gasteiger partial charge in [-0.25, -0.2) is 4.98 Å². The van der Waals surface area contributed by atoms with Crippen molar-refractivity contribution in [3.8, 4) is 0 Å². The fraction of sp³-hybridized carbons (Fsp3) is 0.706. The number of rotatable bonds is 3. The second-order valence-corrected chi connectivity index (χ2v) is 6.50. The number of aryl methyl sites for hydroxylation is 1. The summed E-state index contributed by atoms with van der Waals surface area (Å²) in [5.41, 5.74) is 2.68. The van der Waals surface area contributed by atoms with Crippen LogP contribution in [-0.4, -0.2) is 48.8 Å². The van der Waals surface area contributed by atoms with Crippen molar-refractivity contribution in [3.05, 3.63) is 23.4 Å². The van der Waals surface area contributed by atoms with E-state index in [0.717, 1.165) is 32.1 Å². The van der Waals surface area contributed by atoms with Crippen LogP contribution in [0.2, 0.25) is 0 Å². The van der Waals surface area contributed by atoms with Crippen molar-refractivity contribution in [2.24, 2.45) is 0 Å². The molecule has 3 rings (SSSR count). The number of hydrogen-bond acceptors (Lipinski definition) is 4. The summed E-state index contributed by atoms with van der Waals surface area (Å²) in [5.74, 6) is 1.14. The first-order chi connectivity index (χ1) is 10.2. The average molecular weight is 289 g/mol. The molecule has 2 aliphatic heterocycles. The zero-order chi connectivity index (χ0) is 14.8. The molecular weight excluding hydrogens is 262 g/mol. The smallest absolute Gasteiger partial charge is 0.131 e. The van der Waals surface area contributed by atoms with E-state index in [4.69, 9.17) is 9.72 Å². The zero-order valence-corrected chi connectivity index (χ0v) is 13.5. The van der Waals surface area contributed by atoms with Crippen LogP contribution in [0.3, 0.4) is 0 Å². The third-order valence-corrected chi connectivity index (χ3v) is 4.72. The highest BCUT2D eigenvalue weighted by Crippen LogP contribution is 2.34. The molecule has 0 radical (unpaired) electrons. The highest BCUT2D eigenvalue weighted by atomic mass is 16.5. The minimum atomic E-state index is 0.551. The van der Waals surface area contributed by atoms with E-state index < -0.39 is 0 Å². The molecule has 1 aromatic rings. The number of anilines is 1. The maximum Gasteiger partial charge on any atom is 0.131 e. The number of pyridine rings is 1. The number of aromatic nitrogens is 1. The summed E-state index contributed by atoms with van der Waals surface area (Å²) in [4.78, 5) is 9.73. The van der Waals surface area contributed by atoms with Crippen molar-refractivity contribution in [1.82, 2.24) is 9.88 Å². The summed E-state index contributed by atoms with van der Waals surface area (Å²) in [6.45, 7) is 11.5. The molecule has 0 spiro atoms. The molecule has 0 amide bonds. The van der Waals surface area contributed by atoms with Crippen LogP contribution >= 0.6 is 0 Å². The molecule has 2 saturated heterocycles. The molecule has 1 unspecified atom stereocenters. The van der Waals surface area contributed by atoms with Gasteiger partial charge in [0.15, 0.2) is 0 Å². The predicted octanol–water partition coefficient (Wildman–Crippen LogP) is 2.77. The first-order valence-electron chi connectivity index (χ1n) is 8.22. The lowest BCUT2D eigenvalue weighted by Crippen LogP contribution is -2.37. The molecule has 21 heavy (non-hydrogen) atoms. The topological polar surface area (TPSA) is 28.6 Å². The number of ether oxygens (including phenoxy) is 1. The third-order valence-electron chi connectivity index (χ3n) is 4.72. The van der Waals surface area contributed by atoms with Gasteiger partial charge in [-0.05, 0) is 57.4 Å². The van der Waals surface area contributed by atoms with Crippen LogP contribution in [0.5, 0.6) is 0 Å². The van der Waals surface area contributed by atoms with Gasteiger partial charge < -0.3 is 9.64 Å². The summed E-state index contributed by atoms with van der Waals surface area (Å²) >= 11 is 0. The monoisotopic (exact) mass is 289 g/mol. The van der Waals surface area contributed by atoms with Crippen molar-refractivity contribution in [2.45, 2.75) is 45.7 Å². The van der Waals surface area contributed by atoms with Gasteiger partial charge in [-0.15, -0.1) is 0 Å². The van der Waals surface area contributed by atoms with E-state index in [0.29, 0.717) is 12.1 Å². The molecule has 4 heteroatoms. The average Bonchev–Trinajstić information content (AvgIpc) is 2.97. The Morgan fingerprint density at radius 1 is 1.24 bits per heavy atom. The van der Waals surface area contributed by atoms with Gasteiger partial charge in [-0.3, -0.25) is 4.90 Å². The van der Waals surface area contributed by atoms with E-state index in [1.165, 1.54) is 30.5 Å². The molecule has 1 aromatic heterocycles. The van der Waals surface area contributed by atoms with E-state index in [1.807, 2.05) is 0 Å². The summed E-state index contributed by atoms with van der Waals surface area (Å²) in [5, 5.41) is 0. The Bertz CT molecular complexity index is 483. The van der Waals surface area contributed by atoms with Gasteiger partial charge in [0.25, 0.3) is 0 Å². The van der Waals surface area contributed by atoms with Crippen LogP contribution < -0.4 is 4.90 Å². The van der Waals surface area contributed by atoms with Gasteiger partial charge in [-0.2, -0.15) is 0 Å². The normalized spacial score (nSPS) is 24.0. The fourth-order valence-corrected chi connectivity index (χ4v) is 3.64. The molecule has 116 valence electrons. The van der Waals surface area contributed by atoms with Gasteiger partial charge in [0.05, 0.1) is 13.2 Å². The number of likely N-dealkylation sites (tertiary alicyclic amines) is 1. The number of morpholine rings is 1. The van der Waals surface area contributed by atoms with Crippen LogP contribution in [0.25, 0.3) is 0 Å². The number of hydrogen-bond donors (Lipinski definition) is 0. The van der Waals surface area contributed by atoms with Crippen molar-refractivity contribution < 1.29 is 4.74 Å². The predicted molar refractivity (Wildman–Crippen MR) is 85.8 cm³/mol. The summed E-state index contributed by atoms with van der Waals surface area (Å²) in [6, 6.07) is 3.51. The molecule has 1 atom stereocenters. The first kappa shape index (κ1) is 14.8. The molecule has 0 bridgehead atoms. The molecular formula is C17H27N3O. The Labute approximate surface area is 128 Å². The third kappa shape index (κ3) is 3.06. The Balaban J connectivity index is 1.80. The first-order valence-corrected chi connectivity index (χ1v) is 8.22. The van der Waals surface area contributed by atoms with Gasteiger partial charge >= 0.3 is 0 Å². The maximum absolute atomic E-state index is 5.43. The van der Waals surface area contributed by atoms with Crippen LogP contribution in [0, 0.1) is 6.92 Å². The van der Waals surface area contributed by atoms with Crippen LogP contribution in [-0.2, 0) is 4.74 Å². The van der Waals surface area contributed by atoms with Crippen LogP contribution in [0.1, 0.15) is 43.9 Å². The van der Waals surface area contributed by atoms with E-state index in [2.05, 4.69) is 42.8 Å². The second-order valence-electron chi connectivity index (χ2n) is 6.50. The molecule has 0 aromatic carbocycles. The Morgan fingerprint density at radius 2 is 2.00 bits per heavy atom. The van der Waals surface area contributed by atoms with E-state index >= 15 is 0 Å². The standard InChI is InChI=1S/C17H27N3O/c1-13(2)20-6-4-5-16(20)15-11-14(3)17(18-12-15)19-7-9-21-10-8-19/h11-13,16H,4-10H2,1-3H3. The summed E-state index contributed by atoms with van der Waals surface area (Å²) < 4.78 is 5.43. The van der Waals surface area contributed by atoms with Gasteiger partial charge in [0.2, 0.25) is 0 Å². The Kier molecular flexibility index (Phi) is 4.45. The van der Waals surface area contributed by atoms with Crippen molar-refractivity contribution >= 4 is 5.82 Å². The highest BCUT2D eigenvalue weighted by Gasteiger charge is 2.28. The van der Waals surface area contributed by atoms with Gasteiger partial charge in [0, 0.05) is 31.4 Å². The SMILES string of the molecule is Cc1cc(C2CCCN2C(C)C)cnc1N1CCOCC1. The Hall–Kier alpha value is -1.13. The Morgan fingerprint density at radius 3 is 2.67 bits per heavy atom. The molecule has 0 saturated carbocycles. The lowest BCUT2D eigenvalue weighted by atomic mass is 10.0. The van der Waals surface area contributed by atoms with E-state index in [9.17, 15) is 0 Å². The highest BCUT2D eigenvalue weighted by molar-refractivity contribution is 5.48. The number of nitrogens with zero attached hydrogens (tertiary/aromatic N) is 3. The summed E-state index contributed by atoms with van der Waals surface area (Å²) in [7, 11) is 0. The molecule has 3 heterocycles. The van der Waals surface area contributed by atoms with E-state index in [1.54, 1.807) is 0 Å². The quantitative estimate of drug-likeness (QED) is 0.855. The van der Waals surface area contributed by atoms with Crippen LogP contribution in [0.15, 0.2) is 12.3 Å². The van der Waals surface area contributed by atoms with Crippen molar-refractivity contribution in [1.29, 1.82) is 0 Å². The molecule has 0 aliphatic carbocycles. The van der Waals surface area contributed by atoms with Gasteiger partial charge in [-0.1, -0.05) is 0 Å². The maximum atomic E-state index is 5.43. The molecule has 2 fully saturated rings. The van der Waals surface area contributed by atoms with Crippen molar-refractivity contribution in [3.63, 3.8) is 0 Å². The second kappa shape index (κ2) is 6.32. The fourth-order valence-electron chi connectivity index (χ4n) is 3.64. The zero-order valence-electron chi connectivity index (χ0n) is 13.5. The lowest BCUT2D eigenvalue weighted by Gasteiger charge is -2.31. The minimum Gasteiger partial charge on any atom is -0.378 e. The molecule has 2 aliphatic rings. The molecule has 4 nitrogen and oxygen atoms in total.